The lowest BCUT2D eigenvalue weighted by Crippen LogP contribution is -2.30. The highest BCUT2D eigenvalue weighted by Gasteiger charge is 2.09. The number of aromatic nitrogens is 2. The van der Waals surface area contributed by atoms with Crippen molar-refractivity contribution in [2.45, 2.75) is 19.4 Å². The summed E-state index contributed by atoms with van der Waals surface area (Å²) in [6.45, 7) is 3.03. The second-order valence-corrected chi connectivity index (χ2v) is 4.64. The fraction of sp³-hybridized carbons (Fsp3) is 0.462. The molecule has 0 bridgehead atoms. The van der Waals surface area contributed by atoms with Crippen LogP contribution in [0.5, 0.6) is 0 Å². The van der Waals surface area contributed by atoms with Gasteiger partial charge in [-0.1, -0.05) is 0 Å². The number of H-pyrrole nitrogens is 1. The Morgan fingerprint density at radius 1 is 1.50 bits per heavy atom. The molecule has 18 heavy (non-hydrogen) atoms. The molecule has 1 heterocycles. The summed E-state index contributed by atoms with van der Waals surface area (Å²) < 4.78 is 0. The van der Waals surface area contributed by atoms with E-state index in [4.69, 9.17) is 5.73 Å². The minimum atomic E-state index is -0.390. The number of fused-ring (bicyclic) bond motifs is 1. The number of rotatable bonds is 5. The van der Waals surface area contributed by atoms with Crippen molar-refractivity contribution in [2.24, 2.45) is 5.73 Å². The molecule has 4 N–H and O–H groups in total. The molecule has 0 amide bonds. The van der Waals surface area contributed by atoms with Crippen molar-refractivity contribution < 1.29 is 5.11 Å². The molecule has 5 nitrogen and oxygen atoms in total. The molecule has 1 aromatic carbocycles. The second-order valence-electron chi connectivity index (χ2n) is 4.64. The van der Waals surface area contributed by atoms with E-state index in [-0.39, 0.29) is 6.10 Å². The molecular formula is C13H20N4O. The number of likely N-dealkylation sites (N-methyl/N-ethyl adjacent to an activating group) is 1. The van der Waals surface area contributed by atoms with E-state index in [1.807, 2.05) is 37.1 Å². The van der Waals surface area contributed by atoms with Crippen molar-refractivity contribution in [1.82, 2.24) is 9.97 Å². The van der Waals surface area contributed by atoms with Crippen LogP contribution in [0.25, 0.3) is 11.0 Å². The zero-order valence-corrected chi connectivity index (χ0v) is 10.8. The maximum atomic E-state index is 9.76. The van der Waals surface area contributed by atoms with Crippen molar-refractivity contribution in [1.29, 1.82) is 0 Å². The van der Waals surface area contributed by atoms with Crippen molar-refractivity contribution in [3.8, 4) is 0 Å². The first-order valence-corrected chi connectivity index (χ1v) is 6.16. The number of nitrogens with zero attached hydrogens (tertiary/aromatic N) is 2. The highest BCUT2D eigenvalue weighted by molar-refractivity contribution is 5.79. The summed E-state index contributed by atoms with van der Waals surface area (Å²) in [6.07, 6.45) is 0.231. The van der Waals surface area contributed by atoms with Crippen LogP contribution >= 0.6 is 0 Å². The number of anilines is 1. The Labute approximate surface area is 107 Å². The van der Waals surface area contributed by atoms with Crippen LogP contribution in [0.2, 0.25) is 0 Å². The lowest BCUT2D eigenvalue weighted by atomic mass is 10.2. The lowest BCUT2D eigenvalue weighted by molar-refractivity contribution is 0.174. The summed E-state index contributed by atoms with van der Waals surface area (Å²) in [7, 11) is 1.96. The Balaban J connectivity index is 2.14. The minimum absolute atomic E-state index is 0.390. The molecule has 0 aliphatic heterocycles. The summed E-state index contributed by atoms with van der Waals surface area (Å²) in [4.78, 5) is 9.60. The van der Waals surface area contributed by atoms with Gasteiger partial charge in [-0.05, 0) is 38.1 Å². The van der Waals surface area contributed by atoms with Gasteiger partial charge >= 0.3 is 0 Å². The molecule has 0 spiro atoms. The molecule has 5 heteroatoms. The number of nitrogens with one attached hydrogen (secondary N) is 1. The number of aromatic amines is 1. The maximum absolute atomic E-state index is 9.76. The summed E-state index contributed by atoms with van der Waals surface area (Å²) in [6, 6.07) is 6.04. The monoisotopic (exact) mass is 248 g/mol. The number of aryl methyl sites for hydroxylation is 1. The number of hydrogen-bond acceptors (Lipinski definition) is 4. The summed E-state index contributed by atoms with van der Waals surface area (Å²) in [5.74, 6) is 0.910. The Hall–Kier alpha value is -1.59. The quantitative estimate of drug-likeness (QED) is 0.738. The van der Waals surface area contributed by atoms with Crippen LogP contribution in [0.4, 0.5) is 5.69 Å². The minimum Gasteiger partial charge on any atom is -0.391 e. The molecule has 1 aromatic heterocycles. The SMILES string of the molecule is Cc1nc2ccc(N(C)CC(O)CCN)cc2[nH]1. The third-order valence-corrected chi connectivity index (χ3v) is 3.01. The standard InChI is InChI=1S/C13H20N4O/c1-9-15-12-4-3-10(7-13(12)16-9)17(2)8-11(18)5-6-14/h3-4,7,11,18H,5-6,8,14H2,1-2H3,(H,15,16). The molecule has 0 saturated carbocycles. The van der Waals surface area contributed by atoms with Crippen molar-refractivity contribution >= 4 is 16.7 Å². The molecule has 1 atom stereocenters. The van der Waals surface area contributed by atoms with E-state index in [2.05, 4.69) is 9.97 Å². The Kier molecular flexibility index (Phi) is 3.84. The number of aliphatic hydroxyl groups is 1. The summed E-state index contributed by atoms with van der Waals surface area (Å²) in [5.41, 5.74) is 8.47. The zero-order chi connectivity index (χ0) is 13.1. The highest BCUT2D eigenvalue weighted by Crippen LogP contribution is 2.20. The van der Waals surface area contributed by atoms with Crippen LogP contribution in [0.1, 0.15) is 12.2 Å². The molecule has 1 unspecified atom stereocenters. The molecule has 0 aliphatic rings. The first-order chi connectivity index (χ1) is 8.60. The largest absolute Gasteiger partial charge is 0.391 e. The molecule has 0 radical (unpaired) electrons. The van der Waals surface area contributed by atoms with Crippen LogP contribution < -0.4 is 10.6 Å². The molecule has 98 valence electrons. The number of aliphatic hydroxyl groups excluding tert-OH is 1. The number of nitrogens with two attached hydrogens (primary N) is 1. The van der Waals surface area contributed by atoms with Crippen LogP contribution in [-0.4, -0.2) is 41.3 Å². The van der Waals surface area contributed by atoms with E-state index < -0.39 is 0 Å². The molecule has 0 aliphatic carbocycles. The normalized spacial score (nSPS) is 12.9. The van der Waals surface area contributed by atoms with E-state index in [9.17, 15) is 5.11 Å². The molecule has 0 fully saturated rings. The van der Waals surface area contributed by atoms with Gasteiger partial charge in [0.1, 0.15) is 5.82 Å². The predicted octanol–water partition coefficient (Wildman–Crippen LogP) is 1.02. The fourth-order valence-electron chi connectivity index (χ4n) is 2.07. The van der Waals surface area contributed by atoms with Gasteiger partial charge in [-0.3, -0.25) is 0 Å². The van der Waals surface area contributed by atoms with Gasteiger partial charge in [0.15, 0.2) is 0 Å². The zero-order valence-electron chi connectivity index (χ0n) is 10.8. The molecule has 2 aromatic rings. The second kappa shape index (κ2) is 5.37. The summed E-state index contributed by atoms with van der Waals surface area (Å²) >= 11 is 0. The number of benzene rings is 1. The van der Waals surface area contributed by atoms with E-state index >= 15 is 0 Å². The van der Waals surface area contributed by atoms with Crippen LogP contribution in [0.3, 0.4) is 0 Å². The van der Waals surface area contributed by atoms with E-state index in [1.165, 1.54) is 0 Å². The average Bonchev–Trinajstić information content (AvgIpc) is 2.68. The topological polar surface area (TPSA) is 78.2 Å². The predicted molar refractivity (Wildman–Crippen MR) is 73.8 cm³/mol. The van der Waals surface area contributed by atoms with E-state index in [1.54, 1.807) is 0 Å². The molecular weight excluding hydrogens is 228 g/mol. The Morgan fingerprint density at radius 2 is 2.28 bits per heavy atom. The van der Waals surface area contributed by atoms with Gasteiger partial charge in [-0.2, -0.15) is 0 Å². The van der Waals surface area contributed by atoms with Crippen LogP contribution in [0.15, 0.2) is 18.2 Å². The third kappa shape index (κ3) is 2.80. The van der Waals surface area contributed by atoms with E-state index in [0.29, 0.717) is 19.5 Å². The first-order valence-electron chi connectivity index (χ1n) is 6.16. The fourth-order valence-corrected chi connectivity index (χ4v) is 2.07. The van der Waals surface area contributed by atoms with Gasteiger partial charge in [0.05, 0.1) is 17.1 Å². The maximum Gasteiger partial charge on any atom is 0.104 e. The van der Waals surface area contributed by atoms with Crippen molar-refractivity contribution in [3.05, 3.63) is 24.0 Å². The van der Waals surface area contributed by atoms with Gasteiger partial charge < -0.3 is 20.7 Å². The van der Waals surface area contributed by atoms with Gasteiger partial charge in [-0.15, -0.1) is 0 Å². The van der Waals surface area contributed by atoms with Crippen LogP contribution in [0, 0.1) is 6.92 Å². The lowest BCUT2D eigenvalue weighted by Gasteiger charge is -2.22. The van der Waals surface area contributed by atoms with Gasteiger partial charge in [0.25, 0.3) is 0 Å². The van der Waals surface area contributed by atoms with Gasteiger partial charge in [0, 0.05) is 19.3 Å². The molecule has 2 rings (SSSR count). The highest BCUT2D eigenvalue weighted by atomic mass is 16.3. The van der Waals surface area contributed by atoms with Crippen molar-refractivity contribution in [2.75, 3.05) is 25.0 Å². The van der Waals surface area contributed by atoms with Crippen LogP contribution in [-0.2, 0) is 0 Å². The smallest absolute Gasteiger partial charge is 0.104 e. The molecule has 0 saturated heterocycles. The Bertz CT molecular complexity index is 523. The number of imidazole rings is 1. The van der Waals surface area contributed by atoms with Gasteiger partial charge in [0.2, 0.25) is 0 Å². The van der Waals surface area contributed by atoms with Crippen molar-refractivity contribution in [3.63, 3.8) is 0 Å². The van der Waals surface area contributed by atoms with E-state index in [0.717, 1.165) is 22.5 Å². The third-order valence-electron chi connectivity index (χ3n) is 3.01. The first kappa shape index (κ1) is 12.9. The Morgan fingerprint density at radius 3 is 3.00 bits per heavy atom. The average molecular weight is 248 g/mol. The number of hydrogen-bond donors (Lipinski definition) is 3. The summed E-state index contributed by atoms with van der Waals surface area (Å²) in [5, 5.41) is 9.76. The van der Waals surface area contributed by atoms with Gasteiger partial charge in [-0.25, -0.2) is 4.98 Å².